The number of thiophene rings is 1. The number of benzene rings is 2. The summed E-state index contributed by atoms with van der Waals surface area (Å²) in [5.41, 5.74) is -0.416. The maximum absolute atomic E-state index is 13.5. The fourth-order valence-corrected chi connectivity index (χ4v) is 5.04. The number of hydrogen-bond acceptors (Lipinski definition) is 4. The van der Waals surface area contributed by atoms with Crippen LogP contribution in [0.4, 0.5) is 13.2 Å². The predicted octanol–water partition coefficient (Wildman–Crippen LogP) is 5.17. The molecule has 10 heteroatoms. The molecule has 0 unspecified atom stereocenters. The van der Waals surface area contributed by atoms with Crippen LogP contribution in [0.3, 0.4) is 0 Å². The first-order chi connectivity index (χ1) is 15.6. The number of fused-ring (bicyclic) bond motifs is 1. The molecule has 1 aliphatic rings. The van der Waals surface area contributed by atoms with Gasteiger partial charge in [-0.25, -0.2) is 0 Å². The maximum Gasteiger partial charge on any atom is 0.416 e. The third-order valence-electron chi connectivity index (χ3n) is 5.20. The molecule has 0 radical (unpaired) electrons. The number of halogens is 4. The first kappa shape index (κ1) is 23.2. The number of carbonyl (C=O) groups is 3. The number of rotatable bonds is 6. The minimum absolute atomic E-state index is 0.0423. The molecule has 0 saturated carbocycles. The lowest BCUT2D eigenvalue weighted by Crippen LogP contribution is -2.47. The highest BCUT2D eigenvalue weighted by molar-refractivity contribution is 9.10. The van der Waals surface area contributed by atoms with Crippen molar-refractivity contribution in [1.82, 2.24) is 10.2 Å². The van der Waals surface area contributed by atoms with Crippen molar-refractivity contribution in [2.24, 2.45) is 0 Å². The van der Waals surface area contributed by atoms with Crippen molar-refractivity contribution in [2.45, 2.75) is 18.6 Å². The van der Waals surface area contributed by atoms with Crippen molar-refractivity contribution < 1.29 is 27.6 Å². The highest BCUT2D eigenvalue weighted by Crippen LogP contribution is 2.33. The quantitative estimate of drug-likeness (QED) is 0.442. The molecule has 0 saturated heterocycles. The maximum atomic E-state index is 13.5. The van der Waals surface area contributed by atoms with Gasteiger partial charge in [-0.3, -0.25) is 19.3 Å². The van der Waals surface area contributed by atoms with Gasteiger partial charge in [-0.15, -0.1) is 11.3 Å². The number of imide groups is 1. The Kier molecular flexibility index (Phi) is 6.40. The van der Waals surface area contributed by atoms with E-state index in [0.717, 1.165) is 22.3 Å². The molecule has 33 heavy (non-hydrogen) atoms. The fourth-order valence-electron chi connectivity index (χ4n) is 3.72. The number of hydrogen-bond donors (Lipinski definition) is 1. The summed E-state index contributed by atoms with van der Waals surface area (Å²) in [6, 6.07) is 12.0. The molecule has 1 N–H and O–H groups in total. The van der Waals surface area contributed by atoms with Crippen LogP contribution in [0, 0.1) is 0 Å². The largest absolute Gasteiger partial charge is 0.416 e. The smallest absolute Gasteiger partial charge is 0.346 e. The van der Waals surface area contributed by atoms with E-state index in [4.69, 9.17) is 0 Å². The van der Waals surface area contributed by atoms with Crippen molar-refractivity contribution in [3.8, 4) is 0 Å². The Hall–Kier alpha value is -2.98. The standard InChI is InChI=1S/C23H16BrF3N2O3S/c24-14-10-19(33-12-14)20(30)28-15(9-13-5-1-4-8-18(13)23(25,26)27)11-29-21(31)16-6-2-3-7-17(16)22(29)32/h1-8,10,12,15H,9,11H2,(H,28,30)/t15-/m0/s1. The summed E-state index contributed by atoms with van der Waals surface area (Å²) >= 11 is 4.42. The van der Waals surface area contributed by atoms with Gasteiger partial charge >= 0.3 is 6.18 Å². The van der Waals surface area contributed by atoms with E-state index in [1.807, 2.05) is 0 Å². The van der Waals surface area contributed by atoms with E-state index in [2.05, 4.69) is 21.2 Å². The number of carbonyl (C=O) groups excluding carboxylic acids is 3. The first-order valence-corrected chi connectivity index (χ1v) is 11.5. The van der Waals surface area contributed by atoms with Gasteiger partial charge in [-0.05, 0) is 52.2 Å². The first-order valence-electron chi connectivity index (χ1n) is 9.80. The van der Waals surface area contributed by atoms with E-state index < -0.39 is 35.5 Å². The molecule has 0 aliphatic carbocycles. The van der Waals surface area contributed by atoms with Gasteiger partial charge < -0.3 is 5.32 Å². The van der Waals surface area contributed by atoms with Gasteiger partial charge in [0.1, 0.15) is 0 Å². The molecule has 3 amide bonds. The highest BCUT2D eigenvalue weighted by Gasteiger charge is 2.38. The van der Waals surface area contributed by atoms with Crippen LogP contribution in [0.25, 0.3) is 0 Å². The lowest BCUT2D eigenvalue weighted by atomic mass is 9.99. The molecule has 1 atom stereocenters. The summed E-state index contributed by atoms with van der Waals surface area (Å²) in [7, 11) is 0. The molecule has 1 aliphatic heterocycles. The molecule has 3 aromatic rings. The summed E-state index contributed by atoms with van der Waals surface area (Å²) in [6.45, 7) is -0.267. The topological polar surface area (TPSA) is 66.5 Å². The number of amides is 3. The zero-order chi connectivity index (χ0) is 23.8. The van der Waals surface area contributed by atoms with E-state index in [9.17, 15) is 27.6 Å². The fraction of sp³-hybridized carbons (Fsp3) is 0.174. The van der Waals surface area contributed by atoms with Crippen molar-refractivity contribution in [3.63, 3.8) is 0 Å². The average Bonchev–Trinajstić information content (AvgIpc) is 3.31. The van der Waals surface area contributed by atoms with E-state index in [0.29, 0.717) is 9.35 Å². The lowest BCUT2D eigenvalue weighted by molar-refractivity contribution is -0.138. The number of alkyl halides is 3. The van der Waals surface area contributed by atoms with Crippen LogP contribution in [0.15, 0.2) is 64.5 Å². The molecule has 0 spiro atoms. The summed E-state index contributed by atoms with van der Waals surface area (Å²) in [5.74, 6) is -1.59. The second-order valence-corrected chi connectivity index (χ2v) is 9.25. The van der Waals surface area contributed by atoms with E-state index in [1.54, 1.807) is 23.6 Å². The summed E-state index contributed by atoms with van der Waals surface area (Å²) in [5, 5.41) is 4.41. The monoisotopic (exact) mass is 536 g/mol. The molecule has 2 heterocycles. The van der Waals surface area contributed by atoms with Gasteiger partial charge in [0.05, 0.1) is 27.6 Å². The Morgan fingerprint density at radius 1 is 1.03 bits per heavy atom. The minimum atomic E-state index is -4.58. The predicted molar refractivity (Wildman–Crippen MR) is 120 cm³/mol. The molecular formula is C23H16BrF3N2O3S. The molecule has 4 rings (SSSR count). The number of nitrogens with one attached hydrogen (secondary N) is 1. The van der Waals surface area contributed by atoms with Crippen molar-refractivity contribution in [1.29, 1.82) is 0 Å². The second kappa shape index (κ2) is 9.11. The van der Waals surface area contributed by atoms with Crippen LogP contribution in [0.5, 0.6) is 0 Å². The van der Waals surface area contributed by atoms with Crippen molar-refractivity contribution >= 4 is 45.0 Å². The van der Waals surface area contributed by atoms with Gasteiger partial charge in [0.15, 0.2) is 0 Å². The van der Waals surface area contributed by atoms with E-state index in [-0.39, 0.29) is 29.7 Å². The zero-order valence-corrected chi connectivity index (χ0v) is 19.3. The van der Waals surface area contributed by atoms with Gasteiger partial charge in [-0.2, -0.15) is 13.2 Å². The van der Waals surface area contributed by atoms with Crippen LogP contribution in [0.2, 0.25) is 0 Å². The lowest BCUT2D eigenvalue weighted by Gasteiger charge is -2.25. The van der Waals surface area contributed by atoms with Crippen LogP contribution in [-0.4, -0.2) is 35.2 Å². The summed E-state index contributed by atoms with van der Waals surface area (Å²) in [6.07, 6.45) is -4.80. The molecule has 0 bridgehead atoms. The minimum Gasteiger partial charge on any atom is -0.346 e. The molecule has 1 aromatic heterocycles. The average molecular weight is 537 g/mol. The van der Waals surface area contributed by atoms with E-state index in [1.165, 1.54) is 30.3 Å². The van der Waals surface area contributed by atoms with E-state index >= 15 is 0 Å². The Morgan fingerprint density at radius 2 is 1.64 bits per heavy atom. The normalized spacial score (nSPS) is 14.4. The molecule has 2 aromatic carbocycles. The SMILES string of the molecule is O=C(N[C@@H](Cc1ccccc1C(F)(F)F)CN1C(=O)c2ccccc2C1=O)c1cc(Br)cs1. The van der Waals surface area contributed by atoms with Crippen LogP contribution < -0.4 is 5.32 Å². The van der Waals surface area contributed by atoms with Crippen molar-refractivity contribution in [3.05, 3.63) is 91.6 Å². The Morgan fingerprint density at radius 3 is 2.21 bits per heavy atom. The Balaban J connectivity index is 1.63. The Bertz CT molecular complexity index is 1210. The van der Waals surface area contributed by atoms with Crippen molar-refractivity contribution in [2.75, 3.05) is 6.54 Å². The molecule has 5 nitrogen and oxygen atoms in total. The van der Waals surface area contributed by atoms with Crippen LogP contribution >= 0.6 is 27.3 Å². The van der Waals surface area contributed by atoms with Crippen LogP contribution in [-0.2, 0) is 12.6 Å². The Labute approximate surface area is 199 Å². The van der Waals surface area contributed by atoms with Gasteiger partial charge in [0.2, 0.25) is 0 Å². The zero-order valence-electron chi connectivity index (χ0n) is 16.9. The van der Waals surface area contributed by atoms with Crippen LogP contribution in [0.1, 0.15) is 41.5 Å². The summed E-state index contributed by atoms with van der Waals surface area (Å²) in [4.78, 5) is 39.7. The molecular weight excluding hydrogens is 521 g/mol. The third-order valence-corrected chi connectivity index (χ3v) is 6.89. The van der Waals surface area contributed by atoms with Gasteiger partial charge in [0.25, 0.3) is 17.7 Å². The van der Waals surface area contributed by atoms with Gasteiger partial charge in [-0.1, -0.05) is 30.3 Å². The van der Waals surface area contributed by atoms with Gasteiger partial charge in [0, 0.05) is 16.4 Å². The highest BCUT2D eigenvalue weighted by atomic mass is 79.9. The second-order valence-electron chi connectivity index (χ2n) is 7.43. The summed E-state index contributed by atoms with van der Waals surface area (Å²) < 4.78 is 41.3. The third kappa shape index (κ3) is 4.86. The molecule has 0 fully saturated rings. The molecule has 170 valence electrons. The number of nitrogens with zero attached hydrogens (tertiary/aromatic N) is 1.